The van der Waals surface area contributed by atoms with Gasteiger partial charge >= 0.3 is 0 Å². The van der Waals surface area contributed by atoms with E-state index in [0.717, 1.165) is 13.1 Å². The number of carbonyl (C=O) groups is 2. The molecule has 5 nitrogen and oxygen atoms in total. The van der Waals surface area contributed by atoms with Crippen molar-refractivity contribution in [1.29, 1.82) is 0 Å². The Balaban J connectivity index is 2.13. The highest BCUT2D eigenvalue weighted by Gasteiger charge is 2.29. The first-order chi connectivity index (χ1) is 9.90. The fourth-order valence-corrected chi connectivity index (χ4v) is 2.30. The molecular weight excluding hydrogens is 290 g/mol. The lowest BCUT2D eigenvalue weighted by Gasteiger charge is -2.31. The molecule has 1 fully saturated rings. The summed E-state index contributed by atoms with van der Waals surface area (Å²) < 4.78 is 0. The highest BCUT2D eigenvalue weighted by Crippen LogP contribution is 2.25. The van der Waals surface area contributed by atoms with Gasteiger partial charge in [0, 0.05) is 25.6 Å². The van der Waals surface area contributed by atoms with Crippen LogP contribution in [-0.2, 0) is 4.79 Å². The molecule has 0 aromatic heterocycles. The molecule has 1 aromatic carbocycles. The highest BCUT2D eigenvalue weighted by molar-refractivity contribution is 6.33. The van der Waals surface area contributed by atoms with Gasteiger partial charge in [0.15, 0.2) is 0 Å². The quantitative estimate of drug-likeness (QED) is 0.892. The molecule has 1 aromatic rings. The Morgan fingerprint density at radius 3 is 2.57 bits per heavy atom. The minimum absolute atomic E-state index is 0.0714. The number of halogens is 1. The third-order valence-electron chi connectivity index (χ3n) is 3.81. The lowest BCUT2D eigenvalue weighted by molar-refractivity contribution is -0.121. The topological polar surface area (TPSA) is 61.4 Å². The van der Waals surface area contributed by atoms with Crippen LogP contribution in [0.3, 0.4) is 0 Å². The van der Waals surface area contributed by atoms with Gasteiger partial charge in [-0.1, -0.05) is 18.5 Å². The highest BCUT2D eigenvalue weighted by atomic mass is 35.5. The standard InChI is InChI=1S/C15H20ClN3O2/c1-9(11-7-17-8-11)14(20)18-13-6-10(4-5-12(13)16)15(21)19(2)3/h4-6,9,11,17H,7-8H2,1-3H3,(H,18,20). The number of anilines is 1. The predicted octanol–water partition coefficient (Wildman–Crippen LogP) is 1.84. The first-order valence-electron chi connectivity index (χ1n) is 6.93. The summed E-state index contributed by atoms with van der Waals surface area (Å²) in [6.45, 7) is 3.63. The van der Waals surface area contributed by atoms with Gasteiger partial charge in [0.1, 0.15) is 0 Å². The van der Waals surface area contributed by atoms with Gasteiger partial charge < -0.3 is 15.5 Å². The second-order valence-corrected chi connectivity index (χ2v) is 6.00. The predicted molar refractivity (Wildman–Crippen MR) is 83.6 cm³/mol. The van der Waals surface area contributed by atoms with Crippen molar-refractivity contribution in [3.63, 3.8) is 0 Å². The third-order valence-corrected chi connectivity index (χ3v) is 4.14. The Morgan fingerprint density at radius 1 is 1.38 bits per heavy atom. The molecule has 0 aliphatic carbocycles. The zero-order valence-electron chi connectivity index (χ0n) is 12.4. The van der Waals surface area contributed by atoms with Gasteiger partial charge in [-0.15, -0.1) is 0 Å². The number of carbonyl (C=O) groups excluding carboxylic acids is 2. The van der Waals surface area contributed by atoms with E-state index in [2.05, 4.69) is 10.6 Å². The van der Waals surface area contributed by atoms with Crippen LogP contribution >= 0.6 is 11.6 Å². The zero-order chi connectivity index (χ0) is 15.6. The number of nitrogens with one attached hydrogen (secondary N) is 2. The van der Waals surface area contributed by atoms with E-state index in [1.54, 1.807) is 32.3 Å². The summed E-state index contributed by atoms with van der Waals surface area (Å²) in [5, 5.41) is 6.40. The lowest BCUT2D eigenvalue weighted by atomic mass is 9.88. The van der Waals surface area contributed by atoms with E-state index in [9.17, 15) is 9.59 Å². The molecule has 0 bridgehead atoms. The molecular formula is C15H20ClN3O2. The van der Waals surface area contributed by atoms with E-state index in [4.69, 9.17) is 11.6 Å². The summed E-state index contributed by atoms with van der Waals surface area (Å²) in [6, 6.07) is 4.90. The van der Waals surface area contributed by atoms with E-state index >= 15 is 0 Å². The third kappa shape index (κ3) is 3.54. The number of rotatable bonds is 4. The van der Waals surface area contributed by atoms with Crippen LogP contribution in [0.15, 0.2) is 18.2 Å². The Labute approximate surface area is 129 Å². The molecule has 0 saturated carbocycles. The van der Waals surface area contributed by atoms with Crippen molar-refractivity contribution in [3.05, 3.63) is 28.8 Å². The summed E-state index contributed by atoms with van der Waals surface area (Å²) in [7, 11) is 3.36. The maximum atomic E-state index is 12.2. The van der Waals surface area contributed by atoms with Crippen LogP contribution < -0.4 is 10.6 Å². The van der Waals surface area contributed by atoms with Gasteiger partial charge in [-0.05, 0) is 37.2 Å². The van der Waals surface area contributed by atoms with E-state index in [1.807, 2.05) is 6.92 Å². The molecule has 0 spiro atoms. The van der Waals surface area contributed by atoms with Gasteiger partial charge in [-0.2, -0.15) is 0 Å². The van der Waals surface area contributed by atoms with Crippen molar-refractivity contribution >= 4 is 29.1 Å². The number of hydrogen-bond donors (Lipinski definition) is 2. The molecule has 21 heavy (non-hydrogen) atoms. The summed E-state index contributed by atoms with van der Waals surface area (Å²) in [4.78, 5) is 25.7. The average molecular weight is 310 g/mol. The van der Waals surface area contributed by atoms with Crippen molar-refractivity contribution in [3.8, 4) is 0 Å². The Bertz CT molecular complexity index is 556. The number of nitrogens with zero attached hydrogens (tertiary/aromatic N) is 1. The van der Waals surface area contributed by atoms with Gasteiger partial charge in [0.2, 0.25) is 5.91 Å². The first-order valence-corrected chi connectivity index (χ1v) is 7.30. The average Bonchev–Trinajstić information content (AvgIpc) is 2.38. The van der Waals surface area contributed by atoms with Crippen LogP contribution in [0.25, 0.3) is 0 Å². The second-order valence-electron chi connectivity index (χ2n) is 5.59. The number of amides is 2. The van der Waals surface area contributed by atoms with Crippen LogP contribution in [0.2, 0.25) is 5.02 Å². The van der Waals surface area contributed by atoms with Crippen LogP contribution in [0.5, 0.6) is 0 Å². The van der Waals surface area contributed by atoms with E-state index in [-0.39, 0.29) is 17.7 Å². The molecule has 1 saturated heterocycles. The van der Waals surface area contributed by atoms with Gasteiger partial charge in [0.05, 0.1) is 10.7 Å². The molecule has 0 radical (unpaired) electrons. The van der Waals surface area contributed by atoms with Crippen LogP contribution in [0.1, 0.15) is 17.3 Å². The summed E-state index contributed by atoms with van der Waals surface area (Å²) in [5.74, 6) is 0.0714. The summed E-state index contributed by atoms with van der Waals surface area (Å²) >= 11 is 6.10. The van der Waals surface area contributed by atoms with Crippen LogP contribution in [0.4, 0.5) is 5.69 Å². The first kappa shape index (κ1) is 15.8. The van der Waals surface area contributed by atoms with Crippen molar-refractivity contribution in [2.45, 2.75) is 6.92 Å². The molecule has 1 heterocycles. The van der Waals surface area contributed by atoms with Gasteiger partial charge in [-0.25, -0.2) is 0 Å². The number of hydrogen-bond acceptors (Lipinski definition) is 3. The van der Waals surface area contributed by atoms with Crippen molar-refractivity contribution in [2.24, 2.45) is 11.8 Å². The second kappa shape index (κ2) is 6.45. The molecule has 2 rings (SSSR count). The van der Waals surface area contributed by atoms with Crippen molar-refractivity contribution in [1.82, 2.24) is 10.2 Å². The molecule has 1 atom stereocenters. The maximum Gasteiger partial charge on any atom is 0.253 e. The van der Waals surface area contributed by atoms with Crippen LogP contribution in [-0.4, -0.2) is 43.9 Å². The maximum absolute atomic E-state index is 12.2. The summed E-state index contributed by atoms with van der Waals surface area (Å²) in [6.07, 6.45) is 0. The molecule has 1 unspecified atom stereocenters. The monoisotopic (exact) mass is 309 g/mol. The van der Waals surface area contributed by atoms with Crippen molar-refractivity contribution in [2.75, 3.05) is 32.5 Å². The van der Waals surface area contributed by atoms with E-state index < -0.39 is 0 Å². The van der Waals surface area contributed by atoms with Gasteiger partial charge in [-0.3, -0.25) is 9.59 Å². The lowest BCUT2D eigenvalue weighted by Crippen LogP contribution is -2.48. The molecule has 2 N–H and O–H groups in total. The zero-order valence-corrected chi connectivity index (χ0v) is 13.2. The largest absolute Gasteiger partial charge is 0.345 e. The fourth-order valence-electron chi connectivity index (χ4n) is 2.14. The minimum atomic E-state index is -0.126. The molecule has 114 valence electrons. The molecule has 6 heteroatoms. The summed E-state index contributed by atoms with van der Waals surface area (Å²) in [5.41, 5.74) is 0.978. The Morgan fingerprint density at radius 2 is 2.05 bits per heavy atom. The fraction of sp³-hybridized carbons (Fsp3) is 0.467. The smallest absolute Gasteiger partial charge is 0.253 e. The van der Waals surface area contributed by atoms with Gasteiger partial charge in [0.25, 0.3) is 5.91 Å². The SMILES string of the molecule is CC(C(=O)Nc1cc(C(=O)N(C)C)ccc1Cl)C1CNC1. The number of benzene rings is 1. The minimum Gasteiger partial charge on any atom is -0.345 e. The van der Waals surface area contributed by atoms with E-state index in [0.29, 0.717) is 22.2 Å². The molecule has 1 aliphatic rings. The Hall–Kier alpha value is -1.59. The molecule has 2 amide bonds. The Kier molecular flexibility index (Phi) is 4.85. The van der Waals surface area contributed by atoms with Crippen molar-refractivity contribution < 1.29 is 9.59 Å². The normalized spacial score (nSPS) is 16.0. The molecule has 1 aliphatic heterocycles. The van der Waals surface area contributed by atoms with Crippen LogP contribution in [0, 0.1) is 11.8 Å². The van der Waals surface area contributed by atoms with E-state index in [1.165, 1.54) is 4.90 Å².